The number of fused-ring (bicyclic) bond motifs is 2. The minimum Gasteiger partial charge on any atom is -0.351 e. The second-order valence-corrected chi connectivity index (χ2v) is 10.9. The molecule has 0 unspecified atom stereocenters. The molecule has 162 valence electrons. The molecular formula is C20H20ClN5O3S2. The number of carbonyl (C=O) groups is 1. The average molecular weight is 478 g/mol. The predicted octanol–water partition coefficient (Wildman–Crippen LogP) is 3.74. The summed E-state index contributed by atoms with van der Waals surface area (Å²) in [5.74, 6) is 0.228. The van der Waals surface area contributed by atoms with E-state index >= 15 is 0 Å². The molecule has 2 heterocycles. The molecule has 0 aliphatic rings. The van der Waals surface area contributed by atoms with Gasteiger partial charge in [0.2, 0.25) is 5.95 Å². The topological polar surface area (TPSA) is 106 Å². The lowest BCUT2D eigenvalue weighted by atomic mass is 10.2. The zero-order valence-corrected chi connectivity index (χ0v) is 19.2. The van der Waals surface area contributed by atoms with Crippen LogP contribution in [0.4, 0.5) is 11.1 Å². The van der Waals surface area contributed by atoms with Crippen LogP contribution in [0.15, 0.2) is 36.4 Å². The lowest BCUT2D eigenvalue weighted by molar-refractivity contribution is 0.0956. The number of aromatic nitrogens is 3. The monoisotopic (exact) mass is 477 g/mol. The summed E-state index contributed by atoms with van der Waals surface area (Å²) in [7, 11) is -1.26. The first-order chi connectivity index (χ1) is 14.8. The molecule has 1 amide bonds. The van der Waals surface area contributed by atoms with E-state index in [-0.39, 0.29) is 24.0 Å². The van der Waals surface area contributed by atoms with Gasteiger partial charge in [0.05, 0.1) is 27.0 Å². The molecule has 0 saturated heterocycles. The van der Waals surface area contributed by atoms with Crippen LogP contribution in [0.25, 0.3) is 21.3 Å². The third kappa shape index (κ3) is 4.65. The third-order valence-electron chi connectivity index (χ3n) is 4.85. The van der Waals surface area contributed by atoms with Crippen molar-refractivity contribution in [1.29, 1.82) is 0 Å². The van der Waals surface area contributed by atoms with Gasteiger partial charge in [0.15, 0.2) is 15.0 Å². The average Bonchev–Trinajstić information content (AvgIpc) is 3.27. The van der Waals surface area contributed by atoms with Crippen LogP contribution in [-0.4, -0.2) is 46.9 Å². The second-order valence-electron chi connectivity index (χ2n) is 6.95. The predicted molar refractivity (Wildman–Crippen MR) is 125 cm³/mol. The number of halogens is 1. The van der Waals surface area contributed by atoms with E-state index in [1.165, 1.54) is 11.3 Å². The zero-order valence-electron chi connectivity index (χ0n) is 16.8. The Morgan fingerprint density at radius 2 is 1.97 bits per heavy atom. The molecule has 0 radical (unpaired) electrons. The Morgan fingerprint density at radius 3 is 2.74 bits per heavy atom. The number of benzene rings is 2. The lowest BCUT2D eigenvalue weighted by Gasteiger charge is -2.05. The van der Waals surface area contributed by atoms with Crippen molar-refractivity contribution in [3.63, 3.8) is 0 Å². The van der Waals surface area contributed by atoms with Gasteiger partial charge in [0.25, 0.3) is 5.91 Å². The molecule has 2 aromatic heterocycles. The summed E-state index contributed by atoms with van der Waals surface area (Å²) in [5, 5.41) is 7.21. The van der Waals surface area contributed by atoms with Crippen LogP contribution in [0.3, 0.4) is 0 Å². The van der Waals surface area contributed by atoms with E-state index in [2.05, 4.69) is 20.6 Å². The van der Waals surface area contributed by atoms with E-state index in [1.807, 2.05) is 29.8 Å². The molecule has 0 spiro atoms. The maximum Gasteiger partial charge on any atom is 0.251 e. The number of hydrogen-bond acceptors (Lipinski definition) is 7. The Balaban J connectivity index is 1.53. The van der Waals surface area contributed by atoms with E-state index < -0.39 is 9.84 Å². The first-order valence-electron chi connectivity index (χ1n) is 9.54. The number of anilines is 2. The summed E-state index contributed by atoms with van der Waals surface area (Å²) < 4.78 is 26.0. The quantitative estimate of drug-likeness (QED) is 0.420. The number of thiazole rings is 1. The molecule has 4 rings (SSSR count). The Morgan fingerprint density at radius 1 is 1.16 bits per heavy atom. The summed E-state index contributed by atoms with van der Waals surface area (Å²) in [6.07, 6.45) is 0. The van der Waals surface area contributed by atoms with Crippen LogP contribution in [-0.2, 0) is 16.9 Å². The second kappa shape index (κ2) is 8.45. The van der Waals surface area contributed by atoms with Crippen LogP contribution < -0.4 is 10.6 Å². The highest BCUT2D eigenvalue weighted by Gasteiger charge is 2.14. The summed E-state index contributed by atoms with van der Waals surface area (Å²) in [5.41, 5.74) is 2.75. The van der Waals surface area contributed by atoms with E-state index in [0.717, 1.165) is 15.7 Å². The fraction of sp³-hybridized carbons (Fsp3) is 0.250. The number of sulfone groups is 1. The van der Waals surface area contributed by atoms with Crippen LogP contribution in [0, 0.1) is 0 Å². The lowest BCUT2D eigenvalue weighted by Crippen LogP contribution is -2.29. The highest BCUT2D eigenvalue weighted by Crippen LogP contribution is 2.31. The highest BCUT2D eigenvalue weighted by atomic mass is 35.5. The Bertz CT molecular complexity index is 1390. The van der Waals surface area contributed by atoms with Crippen LogP contribution >= 0.6 is 22.9 Å². The first-order valence-corrected chi connectivity index (χ1v) is 12.6. The zero-order chi connectivity index (χ0) is 22.2. The molecule has 0 fully saturated rings. The fourth-order valence-corrected chi connectivity index (χ4v) is 4.90. The highest BCUT2D eigenvalue weighted by molar-refractivity contribution is 7.91. The number of amides is 1. The van der Waals surface area contributed by atoms with Gasteiger partial charge in [-0.1, -0.05) is 29.9 Å². The summed E-state index contributed by atoms with van der Waals surface area (Å²) in [4.78, 5) is 21.5. The molecule has 4 aromatic rings. The minimum atomic E-state index is -3.13. The van der Waals surface area contributed by atoms with Crippen molar-refractivity contribution >= 4 is 71.0 Å². The molecular weight excluding hydrogens is 458 g/mol. The number of hydrogen-bond donors (Lipinski definition) is 2. The van der Waals surface area contributed by atoms with E-state index in [9.17, 15) is 13.2 Å². The molecule has 0 bridgehead atoms. The van der Waals surface area contributed by atoms with Gasteiger partial charge < -0.3 is 15.2 Å². The normalized spacial score (nSPS) is 11.8. The van der Waals surface area contributed by atoms with Crippen molar-refractivity contribution in [3.8, 4) is 0 Å². The van der Waals surface area contributed by atoms with Gasteiger partial charge in [-0.15, -0.1) is 0 Å². The fourth-order valence-electron chi connectivity index (χ4n) is 3.07. The van der Waals surface area contributed by atoms with Crippen LogP contribution in [0.5, 0.6) is 0 Å². The molecule has 0 aliphatic heterocycles. The number of carbonyl (C=O) groups excluding carboxylic acids is 1. The van der Waals surface area contributed by atoms with Gasteiger partial charge in [-0.3, -0.25) is 4.79 Å². The van der Waals surface area contributed by atoms with Crippen molar-refractivity contribution in [3.05, 3.63) is 47.0 Å². The molecule has 0 atom stereocenters. The number of rotatable bonds is 7. The van der Waals surface area contributed by atoms with Gasteiger partial charge in [-0.2, -0.15) is 0 Å². The van der Waals surface area contributed by atoms with E-state index in [4.69, 9.17) is 11.6 Å². The summed E-state index contributed by atoms with van der Waals surface area (Å²) in [6.45, 7) is 1.66. The number of nitrogens with zero attached hydrogens (tertiary/aromatic N) is 3. The minimum absolute atomic E-state index is 0.0558. The van der Waals surface area contributed by atoms with E-state index in [0.29, 0.717) is 27.2 Å². The van der Waals surface area contributed by atoms with Crippen molar-refractivity contribution in [2.75, 3.05) is 23.4 Å². The van der Waals surface area contributed by atoms with Crippen molar-refractivity contribution in [2.45, 2.75) is 6.92 Å². The van der Waals surface area contributed by atoms with Gasteiger partial charge in [0.1, 0.15) is 0 Å². The Labute approximate surface area is 188 Å². The summed E-state index contributed by atoms with van der Waals surface area (Å²) >= 11 is 7.52. The van der Waals surface area contributed by atoms with Crippen molar-refractivity contribution in [2.24, 2.45) is 7.05 Å². The molecule has 8 nitrogen and oxygen atoms in total. The molecule has 11 heteroatoms. The van der Waals surface area contributed by atoms with Crippen LogP contribution in [0.2, 0.25) is 5.02 Å². The molecule has 2 N–H and O–H groups in total. The number of imidazole rings is 1. The van der Waals surface area contributed by atoms with Crippen molar-refractivity contribution in [1.82, 2.24) is 19.9 Å². The SMILES string of the molecule is CCS(=O)(=O)CCNC(=O)c1ccc2c(c1)nc(Nc1nc3ccc(Cl)cc3s1)n2C. The van der Waals surface area contributed by atoms with Crippen LogP contribution in [0.1, 0.15) is 17.3 Å². The molecule has 0 saturated carbocycles. The van der Waals surface area contributed by atoms with Gasteiger partial charge in [-0.05, 0) is 36.4 Å². The maximum absolute atomic E-state index is 12.4. The summed E-state index contributed by atoms with van der Waals surface area (Å²) in [6, 6.07) is 10.7. The number of aryl methyl sites for hydroxylation is 1. The van der Waals surface area contributed by atoms with Gasteiger partial charge >= 0.3 is 0 Å². The molecule has 31 heavy (non-hydrogen) atoms. The number of nitrogens with one attached hydrogen (secondary N) is 2. The van der Waals surface area contributed by atoms with Crippen molar-refractivity contribution < 1.29 is 13.2 Å². The van der Waals surface area contributed by atoms with Gasteiger partial charge in [0, 0.05) is 29.9 Å². The standard InChI is InChI=1S/C20H20ClN5O3S2/c1-3-31(28,29)9-8-22-18(27)12-4-7-16-15(10-12)23-19(26(16)2)25-20-24-14-6-5-13(21)11-17(14)30-20/h4-7,10-11H,3,8-9H2,1-2H3,(H,22,27)(H,23,24,25). The Hall–Kier alpha value is -2.69. The van der Waals surface area contributed by atoms with E-state index in [1.54, 1.807) is 25.1 Å². The largest absolute Gasteiger partial charge is 0.351 e. The molecule has 2 aromatic carbocycles. The third-order valence-corrected chi connectivity index (χ3v) is 7.73. The first kappa shape index (κ1) is 21.5. The molecule has 0 aliphatic carbocycles. The Kier molecular flexibility index (Phi) is 5.87. The smallest absolute Gasteiger partial charge is 0.251 e. The van der Waals surface area contributed by atoms with Gasteiger partial charge in [-0.25, -0.2) is 18.4 Å². The maximum atomic E-state index is 12.4.